The van der Waals surface area contributed by atoms with E-state index in [1.165, 1.54) is 25.7 Å². The highest BCUT2D eigenvalue weighted by molar-refractivity contribution is 5.87. The van der Waals surface area contributed by atoms with Crippen LogP contribution in [0.1, 0.15) is 45.4 Å². The number of carbonyl (C=O) groups excluding carboxylic acids is 1. The molecule has 0 radical (unpaired) electrons. The number of carbonyl (C=O) groups is 1. The third-order valence-electron chi connectivity index (χ3n) is 7.93. The first-order valence-corrected chi connectivity index (χ1v) is 9.00. The van der Waals surface area contributed by atoms with Crippen molar-refractivity contribution in [3.05, 3.63) is 12.2 Å². The van der Waals surface area contributed by atoms with Gasteiger partial charge in [-0.2, -0.15) is 0 Å². The van der Waals surface area contributed by atoms with Crippen LogP contribution in [-0.4, -0.2) is 12.1 Å². The Labute approximate surface area is 127 Å². The van der Waals surface area contributed by atoms with Crippen LogP contribution in [0, 0.1) is 47.3 Å². The number of hydrogen-bond donors (Lipinski definition) is 0. The second-order valence-electron chi connectivity index (χ2n) is 8.67. The molecule has 9 atom stereocenters. The molecule has 0 amide bonds. The fourth-order valence-electron chi connectivity index (χ4n) is 7.49. The molecule has 9 unspecified atom stereocenters. The average Bonchev–Trinajstić information content (AvgIpc) is 3.20. The minimum atomic E-state index is -0.164. The average molecular weight is 286 g/mol. The van der Waals surface area contributed by atoms with Crippen molar-refractivity contribution in [2.75, 3.05) is 0 Å². The van der Waals surface area contributed by atoms with Crippen LogP contribution in [0.15, 0.2) is 12.2 Å². The van der Waals surface area contributed by atoms with E-state index < -0.39 is 0 Å². The Hall–Kier alpha value is -0.790. The molecule has 0 aromatic rings. The normalized spacial score (nSPS) is 55.6. The van der Waals surface area contributed by atoms with Crippen molar-refractivity contribution in [3.8, 4) is 0 Å². The first-order chi connectivity index (χ1) is 10.1. The molecule has 5 aliphatic carbocycles. The molecule has 21 heavy (non-hydrogen) atoms. The van der Waals surface area contributed by atoms with E-state index in [1.807, 2.05) is 0 Å². The van der Waals surface area contributed by atoms with Crippen molar-refractivity contribution < 1.29 is 9.53 Å². The molecule has 0 aromatic heterocycles. The van der Waals surface area contributed by atoms with E-state index in [-0.39, 0.29) is 12.1 Å². The van der Waals surface area contributed by atoms with Crippen molar-refractivity contribution in [2.45, 2.75) is 51.6 Å². The lowest BCUT2D eigenvalue weighted by atomic mass is 9.72. The predicted molar refractivity (Wildman–Crippen MR) is 80.3 cm³/mol. The predicted octanol–water partition coefficient (Wildman–Crippen LogP) is 3.81. The third-order valence-corrected chi connectivity index (χ3v) is 7.93. The molecule has 4 bridgehead atoms. The lowest BCUT2D eigenvalue weighted by Gasteiger charge is -2.35. The van der Waals surface area contributed by atoms with Gasteiger partial charge >= 0.3 is 5.97 Å². The maximum atomic E-state index is 11.9. The van der Waals surface area contributed by atoms with Gasteiger partial charge in [0.05, 0.1) is 0 Å². The second kappa shape index (κ2) is 4.14. The first-order valence-electron chi connectivity index (χ1n) is 9.00. The van der Waals surface area contributed by atoms with E-state index in [2.05, 4.69) is 6.58 Å². The van der Waals surface area contributed by atoms with Crippen molar-refractivity contribution in [2.24, 2.45) is 47.3 Å². The van der Waals surface area contributed by atoms with Gasteiger partial charge in [0.2, 0.25) is 0 Å². The monoisotopic (exact) mass is 286 g/mol. The summed E-state index contributed by atoms with van der Waals surface area (Å²) in [7, 11) is 0. The molecule has 0 aromatic carbocycles. The lowest BCUT2D eigenvalue weighted by molar-refractivity contribution is -0.148. The summed E-state index contributed by atoms with van der Waals surface area (Å²) < 4.78 is 5.77. The van der Waals surface area contributed by atoms with Crippen LogP contribution in [0.2, 0.25) is 0 Å². The molecule has 2 nitrogen and oxygen atoms in total. The second-order valence-corrected chi connectivity index (χ2v) is 8.67. The van der Waals surface area contributed by atoms with E-state index in [0.29, 0.717) is 11.5 Å². The number of esters is 1. The van der Waals surface area contributed by atoms with E-state index in [9.17, 15) is 4.79 Å². The maximum absolute atomic E-state index is 11.9. The topological polar surface area (TPSA) is 26.3 Å². The Kier molecular flexibility index (Phi) is 2.51. The smallest absolute Gasteiger partial charge is 0.333 e. The van der Waals surface area contributed by atoms with Crippen LogP contribution in [0.5, 0.6) is 0 Å². The molecular formula is C19H26O2. The molecule has 0 aliphatic heterocycles. The fraction of sp³-hybridized carbons (Fsp3) is 0.842. The molecule has 5 rings (SSSR count). The summed E-state index contributed by atoms with van der Waals surface area (Å²) in [4.78, 5) is 11.9. The van der Waals surface area contributed by atoms with Crippen molar-refractivity contribution >= 4 is 5.97 Å². The van der Waals surface area contributed by atoms with E-state index in [4.69, 9.17) is 4.74 Å². The molecule has 5 fully saturated rings. The maximum Gasteiger partial charge on any atom is 0.333 e. The minimum absolute atomic E-state index is 0.164. The van der Waals surface area contributed by atoms with Gasteiger partial charge in [0, 0.05) is 5.57 Å². The number of ether oxygens (including phenoxy) is 1. The number of rotatable bonds is 2. The van der Waals surface area contributed by atoms with Gasteiger partial charge in [-0.05, 0) is 92.8 Å². The van der Waals surface area contributed by atoms with Crippen LogP contribution in [0.25, 0.3) is 0 Å². The highest BCUT2D eigenvalue weighted by Gasteiger charge is 2.65. The van der Waals surface area contributed by atoms with E-state index >= 15 is 0 Å². The van der Waals surface area contributed by atoms with Crippen LogP contribution in [-0.2, 0) is 9.53 Å². The number of fused-ring (bicyclic) bond motifs is 11. The van der Waals surface area contributed by atoms with E-state index in [1.54, 1.807) is 13.3 Å². The Morgan fingerprint density at radius 3 is 2.48 bits per heavy atom. The summed E-state index contributed by atoms with van der Waals surface area (Å²) in [5, 5.41) is 0. The molecule has 5 aliphatic rings. The molecule has 0 N–H and O–H groups in total. The quantitative estimate of drug-likeness (QED) is 0.570. The van der Waals surface area contributed by atoms with Crippen LogP contribution < -0.4 is 0 Å². The Bertz CT molecular complexity index is 510. The van der Waals surface area contributed by atoms with Crippen LogP contribution in [0.4, 0.5) is 0 Å². The summed E-state index contributed by atoms with van der Waals surface area (Å²) >= 11 is 0. The zero-order valence-corrected chi connectivity index (χ0v) is 13.0. The summed E-state index contributed by atoms with van der Waals surface area (Å²) in [6.45, 7) is 5.49. The summed E-state index contributed by atoms with van der Waals surface area (Å²) in [5.74, 6) is 7.46. The summed E-state index contributed by atoms with van der Waals surface area (Å²) in [6.07, 6.45) is 8.71. The molecule has 2 heteroatoms. The van der Waals surface area contributed by atoms with Crippen molar-refractivity contribution in [1.29, 1.82) is 0 Å². The fourth-order valence-corrected chi connectivity index (χ4v) is 7.49. The molecule has 0 heterocycles. The van der Waals surface area contributed by atoms with Gasteiger partial charge < -0.3 is 4.74 Å². The SMILES string of the molecule is C=C(C)C(=O)OC1CC2CC1C1CC3C4CCC(C4)C3C21. The van der Waals surface area contributed by atoms with Crippen molar-refractivity contribution in [1.82, 2.24) is 0 Å². The minimum Gasteiger partial charge on any atom is -0.459 e. The van der Waals surface area contributed by atoms with Gasteiger partial charge in [-0.15, -0.1) is 0 Å². The Morgan fingerprint density at radius 1 is 0.905 bits per heavy atom. The molecule has 0 saturated heterocycles. The van der Waals surface area contributed by atoms with Gasteiger partial charge in [0.15, 0.2) is 0 Å². The molecule has 114 valence electrons. The van der Waals surface area contributed by atoms with Crippen molar-refractivity contribution in [3.63, 3.8) is 0 Å². The third kappa shape index (κ3) is 1.57. The number of hydrogen-bond acceptors (Lipinski definition) is 2. The Morgan fingerprint density at radius 2 is 1.67 bits per heavy atom. The zero-order valence-electron chi connectivity index (χ0n) is 13.0. The van der Waals surface area contributed by atoms with Gasteiger partial charge in [-0.3, -0.25) is 0 Å². The summed E-state index contributed by atoms with van der Waals surface area (Å²) in [5.41, 5.74) is 0.552. The van der Waals surface area contributed by atoms with E-state index in [0.717, 1.165) is 47.8 Å². The largest absolute Gasteiger partial charge is 0.459 e. The van der Waals surface area contributed by atoms with Crippen LogP contribution in [0.3, 0.4) is 0 Å². The molecule has 5 saturated carbocycles. The first kappa shape index (κ1) is 12.7. The standard InChI is InChI=1S/C19H26O2/c1-9(2)19(20)21-16-7-12-6-14(16)15-8-13-10-3-4-11(5-10)17(13)18(12)15/h10-18H,1,3-8H2,2H3. The highest BCUT2D eigenvalue weighted by Crippen LogP contribution is 2.71. The highest BCUT2D eigenvalue weighted by atomic mass is 16.5. The van der Waals surface area contributed by atoms with Gasteiger partial charge in [-0.1, -0.05) is 6.58 Å². The summed E-state index contributed by atoms with van der Waals surface area (Å²) in [6, 6.07) is 0. The van der Waals surface area contributed by atoms with Gasteiger partial charge in [-0.25, -0.2) is 4.79 Å². The lowest BCUT2D eigenvalue weighted by Crippen LogP contribution is -2.35. The van der Waals surface area contributed by atoms with Gasteiger partial charge in [0.25, 0.3) is 0 Å². The van der Waals surface area contributed by atoms with Gasteiger partial charge in [0.1, 0.15) is 6.10 Å². The zero-order chi connectivity index (χ0) is 14.3. The van der Waals surface area contributed by atoms with Crippen LogP contribution >= 0.6 is 0 Å². The molecule has 0 spiro atoms. The Balaban J connectivity index is 1.36. The molecular weight excluding hydrogens is 260 g/mol.